The van der Waals surface area contributed by atoms with Crippen LogP contribution in [0.25, 0.3) is 0 Å². The van der Waals surface area contributed by atoms with Crippen molar-refractivity contribution < 1.29 is 19.1 Å². The molecule has 0 radical (unpaired) electrons. The van der Waals surface area contributed by atoms with Crippen LogP contribution in [0.5, 0.6) is 0 Å². The quantitative estimate of drug-likeness (QED) is 0.837. The molecule has 0 bridgehead atoms. The lowest BCUT2D eigenvalue weighted by Crippen LogP contribution is -2.27. The third-order valence-corrected chi connectivity index (χ3v) is 5.32. The van der Waals surface area contributed by atoms with E-state index in [0.29, 0.717) is 24.1 Å². The largest absolute Gasteiger partial charge is 0.481 e. The average molecular weight is 348 g/mol. The van der Waals surface area contributed by atoms with E-state index in [4.69, 9.17) is 9.52 Å². The molecule has 0 fully saturated rings. The number of hydrogen-bond donors (Lipinski definition) is 2. The van der Waals surface area contributed by atoms with Gasteiger partial charge < -0.3 is 14.8 Å². The number of carbonyl (C=O) groups is 2. The van der Waals surface area contributed by atoms with Crippen LogP contribution in [0, 0.1) is 6.92 Å². The first-order chi connectivity index (χ1) is 11.5. The number of carbonyl (C=O) groups excluding carboxylic acids is 1. The number of thiazole rings is 1. The summed E-state index contributed by atoms with van der Waals surface area (Å²) in [5.41, 5.74) is 2.20. The zero-order valence-electron chi connectivity index (χ0n) is 13.6. The number of carboxylic acid groups (broad SMARTS) is 1. The first-order valence-electron chi connectivity index (χ1n) is 8.09. The molecule has 128 valence electrons. The molecule has 1 amide bonds. The molecule has 6 nitrogen and oxygen atoms in total. The van der Waals surface area contributed by atoms with E-state index in [9.17, 15) is 9.59 Å². The Balaban J connectivity index is 1.59. The van der Waals surface area contributed by atoms with Crippen LogP contribution < -0.4 is 5.32 Å². The van der Waals surface area contributed by atoms with Crippen molar-refractivity contribution in [3.05, 3.63) is 38.7 Å². The zero-order valence-corrected chi connectivity index (χ0v) is 14.4. The van der Waals surface area contributed by atoms with Crippen LogP contribution in [0.15, 0.2) is 10.7 Å². The molecule has 2 heterocycles. The zero-order chi connectivity index (χ0) is 17.1. The van der Waals surface area contributed by atoms with Gasteiger partial charge in [0.25, 0.3) is 5.91 Å². The maximum absolute atomic E-state index is 12.3. The van der Waals surface area contributed by atoms with Crippen LogP contribution in [0.4, 0.5) is 0 Å². The second-order valence-corrected chi connectivity index (χ2v) is 7.15. The molecule has 2 aromatic rings. The van der Waals surface area contributed by atoms with Crippen LogP contribution in [0.1, 0.15) is 50.1 Å². The molecule has 24 heavy (non-hydrogen) atoms. The lowest BCUT2D eigenvalue weighted by molar-refractivity contribution is -0.136. The maximum Gasteiger partial charge on any atom is 0.311 e. The Kier molecular flexibility index (Phi) is 4.99. The Morgan fingerprint density at radius 1 is 1.38 bits per heavy atom. The van der Waals surface area contributed by atoms with Crippen LogP contribution in [-0.2, 0) is 30.5 Å². The highest BCUT2D eigenvalue weighted by Gasteiger charge is 2.20. The predicted molar refractivity (Wildman–Crippen MR) is 89.6 cm³/mol. The minimum atomic E-state index is -1.02. The molecular formula is C17H20N2O4S. The van der Waals surface area contributed by atoms with E-state index < -0.39 is 5.97 Å². The van der Waals surface area contributed by atoms with Gasteiger partial charge in [-0.3, -0.25) is 9.59 Å². The van der Waals surface area contributed by atoms with Gasteiger partial charge in [-0.1, -0.05) is 0 Å². The third-order valence-electron chi connectivity index (χ3n) is 4.10. The molecule has 7 heteroatoms. The van der Waals surface area contributed by atoms with Crippen molar-refractivity contribution in [2.75, 3.05) is 6.54 Å². The summed E-state index contributed by atoms with van der Waals surface area (Å²) in [5, 5.41) is 12.8. The van der Waals surface area contributed by atoms with Crippen molar-refractivity contribution >= 4 is 23.2 Å². The minimum Gasteiger partial charge on any atom is -0.481 e. The van der Waals surface area contributed by atoms with E-state index in [1.54, 1.807) is 18.3 Å². The van der Waals surface area contributed by atoms with Gasteiger partial charge in [0.2, 0.25) is 0 Å². The van der Waals surface area contributed by atoms with Crippen molar-refractivity contribution in [1.82, 2.24) is 10.3 Å². The molecule has 0 aromatic carbocycles. The fraction of sp³-hybridized carbons (Fsp3) is 0.471. The van der Waals surface area contributed by atoms with Gasteiger partial charge in [-0.2, -0.15) is 0 Å². The second kappa shape index (κ2) is 7.17. The number of aliphatic carboxylic acids is 1. The third kappa shape index (κ3) is 3.67. The fourth-order valence-corrected chi connectivity index (χ4v) is 4.11. The molecule has 0 atom stereocenters. The normalized spacial score (nSPS) is 13.5. The van der Waals surface area contributed by atoms with Gasteiger partial charge in [-0.25, -0.2) is 4.98 Å². The molecule has 1 aliphatic rings. The number of hydrogen-bond acceptors (Lipinski definition) is 5. The Bertz CT molecular complexity index is 739. The van der Waals surface area contributed by atoms with Crippen LogP contribution in [0.2, 0.25) is 0 Å². The first-order valence-corrected chi connectivity index (χ1v) is 8.90. The summed E-state index contributed by atoms with van der Waals surface area (Å²) in [6.07, 6.45) is 6.43. The van der Waals surface area contributed by atoms with E-state index in [2.05, 4.69) is 10.3 Å². The first kappa shape index (κ1) is 16.7. The van der Waals surface area contributed by atoms with Gasteiger partial charge in [-0.15, -0.1) is 11.3 Å². The van der Waals surface area contributed by atoms with Crippen molar-refractivity contribution in [2.24, 2.45) is 0 Å². The molecular weight excluding hydrogens is 328 g/mol. The molecule has 0 spiro atoms. The predicted octanol–water partition coefficient (Wildman–Crippen LogP) is 2.52. The SMILES string of the molecule is Cc1coc(CC(=O)O)c1C(=O)NCCc1nc2c(s1)CCCC2. The minimum absolute atomic E-state index is 0.196. The molecule has 0 unspecified atom stereocenters. The van der Waals surface area contributed by atoms with E-state index in [-0.39, 0.29) is 18.1 Å². The topological polar surface area (TPSA) is 92.4 Å². The van der Waals surface area contributed by atoms with Gasteiger partial charge in [0.05, 0.1) is 22.5 Å². The van der Waals surface area contributed by atoms with E-state index in [1.165, 1.54) is 29.7 Å². The molecule has 2 N–H and O–H groups in total. The molecule has 0 aliphatic heterocycles. The van der Waals surface area contributed by atoms with Crippen molar-refractivity contribution in [3.63, 3.8) is 0 Å². The Morgan fingerprint density at radius 2 is 2.17 bits per heavy atom. The molecule has 0 saturated heterocycles. The monoisotopic (exact) mass is 348 g/mol. The number of amides is 1. The number of fused-ring (bicyclic) bond motifs is 1. The highest BCUT2D eigenvalue weighted by molar-refractivity contribution is 7.11. The van der Waals surface area contributed by atoms with Crippen molar-refractivity contribution in [3.8, 4) is 0 Å². The number of rotatable bonds is 6. The standard InChI is InChI=1S/C17H20N2O4S/c1-10-9-23-12(8-15(20)21)16(10)17(22)18-7-6-14-19-11-4-2-3-5-13(11)24-14/h9H,2-8H2,1H3,(H,18,22)(H,20,21). The van der Waals surface area contributed by atoms with E-state index in [1.807, 2.05) is 0 Å². The smallest absolute Gasteiger partial charge is 0.311 e. The highest BCUT2D eigenvalue weighted by atomic mass is 32.1. The van der Waals surface area contributed by atoms with Crippen molar-refractivity contribution in [1.29, 1.82) is 0 Å². The van der Waals surface area contributed by atoms with Gasteiger partial charge in [0.15, 0.2) is 0 Å². The van der Waals surface area contributed by atoms with Crippen molar-refractivity contribution in [2.45, 2.75) is 45.4 Å². The van der Waals surface area contributed by atoms with Crippen LogP contribution in [0.3, 0.4) is 0 Å². The lowest BCUT2D eigenvalue weighted by atomic mass is 10.0. The fourth-order valence-electron chi connectivity index (χ4n) is 2.95. The number of aromatic nitrogens is 1. The summed E-state index contributed by atoms with van der Waals surface area (Å²) < 4.78 is 5.20. The number of aryl methyl sites for hydroxylation is 3. The van der Waals surface area contributed by atoms with Crippen LogP contribution in [-0.4, -0.2) is 28.5 Å². The van der Waals surface area contributed by atoms with Crippen LogP contribution >= 0.6 is 11.3 Å². The summed E-state index contributed by atoms with van der Waals surface area (Å²) in [6.45, 7) is 2.21. The summed E-state index contributed by atoms with van der Waals surface area (Å²) >= 11 is 1.74. The van der Waals surface area contributed by atoms with E-state index >= 15 is 0 Å². The summed E-state index contributed by atoms with van der Waals surface area (Å²) in [6, 6.07) is 0. The Hall–Kier alpha value is -2.15. The number of nitrogens with zero attached hydrogens (tertiary/aromatic N) is 1. The molecule has 3 rings (SSSR count). The van der Waals surface area contributed by atoms with E-state index in [0.717, 1.165) is 17.8 Å². The maximum atomic E-state index is 12.3. The van der Waals surface area contributed by atoms with Gasteiger partial charge in [0, 0.05) is 23.4 Å². The molecule has 0 saturated carbocycles. The summed E-state index contributed by atoms with van der Waals surface area (Å²) in [4.78, 5) is 29.2. The molecule has 2 aromatic heterocycles. The second-order valence-electron chi connectivity index (χ2n) is 5.98. The molecule has 1 aliphatic carbocycles. The lowest BCUT2D eigenvalue weighted by Gasteiger charge is -2.06. The van der Waals surface area contributed by atoms with Gasteiger partial charge in [0.1, 0.15) is 12.2 Å². The average Bonchev–Trinajstić information content (AvgIpc) is 3.09. The number of furan rings is 1. The summed E-state index contributed by atoms with van der Waals surface area (Å²) in [7, 11) is 0. The summed E-state index contributed by atoms with van der Waals surface area (Å²) in [5.74, 6) is -1.12. The Morgan fingerprint density at radius 3 is 2.92 bits per heavy atom. The van der Waals surface area contributed by atoms with Gasteiger partial charge in [-0.05, 0) is 32.6 Å². The number of nitrogens with one attached hydrogen (secondary N) is 1. The number of carboxylic acids is 1. The highest BCUT2D eigenvalue weighted by Crippen LogP contribution is 2.26. The Labute approximate surface area is 143 Å². The van der Waals surface area contributed by atoms with Gasteiger partial charge >= 0.3 is 5.97 Å².